The highest BCUT2D eigenvalue weighted by molar-refractivity contribution is 6.11. The third-order valence-corrected chi connectivity index (χ3v) is 37.1. The highest BCUT2D eigenvalue weighted by Crippen LogP contribution is 2.63. The molecule has 15 atom stereocenters. The first-order valence-electron chi connectivity index (χ1n) is 48.6. The van der Waals surface area contributed by atoms with Crippen molar-refractivity contribution < 1.29 is 22.1 Å². The Labute approximate surface area is 753 Å². The Bertz CT molecular complexity index is 6840. The fourth-order valence-corrected chi connectivity index (χ4v) is 28.1. The fraction of sp³-hybridized carbons (Fsp3) is 0.478. The van der Waals surface area contributed by atoms with Gasteiger partial charge in [-0.2, -0.15) is 0 Å². The van der Waals surface area contributed by atoms with E-state index in [0.29, 0.717) is 58.7 Å². The molecule has 17 heterocycles. The van der Waals surface area contributed by atoms with Crippen LogP contribution < -0.4 is 24.5 Å². The first-order chi connectivity index (χ1) is 60.6. The molecule has 15 fully saturated rings. The van der Waals surface area contributed by atoms with E-state index in [0.717, 1.165) is 67.7 Å². The van der Waals surface area contributed by atoms with E-state index in [4.69, 9.17) is 22.1 Å². The average Bonchev–Trinajstić information content (AvgIpc) is 1.11. The number of piperidine rings is 8. The molecule has 3 saturated carbocycles. The molecule has 10 aromatic carbocycles. The van der Waals surface area contributed by atoms with E-state index in [2.05, 4.69) is 344 Å². The van der Waals surface area contributed by atoms with E-state index < -0.39 is 0 Å². The van der Waals surface area contributed by atoms with Gasteiger partial charge in [-0.3, -0.25) is 9.80 Å². The summed E-state index contributed by atoms with van der Waals surface area (Å²) in [4.78, 5) is 18.9. The third kappa shape index (κ3) is 12.8. The lowest BCUT2D eigenvalue weighted by molar-refractivity contribution is -0.0524. The van der Waals surface area contributed by atoms with Gasteiger partial charge in [0, 0.05) is 154 Å². The summed E-state index contributed by atoms with van der Waals surface area (Å²) in [5, 5.41) is 12.3. The van der Waals surface area contributed by atoms with Crippen molar-refractivity contribution in [3.05, 3.63) is 210 Å². The van der Waals surface area contributed by atoms with Crippen LogP contribution in [-0.2, 0) is 0 Å². The Morgan fingerprint density at radius 1 is 0.268 bits per heavy atom. The normalized spacial score (nSPS) is 32.9. The smallest absolute Gasteiger partial charge is 0.135 e. The molecule has 12 nitrogen and oxygen atoms in total. The quantitative estimate of drug-likeness (QED) is 0.164. The Morgan fingerprint density at radius 3 is 0.953 bits per heavy atom. The van der Waals surface area contributed by atoms with Gasteiger partial charge in [-0.25, -0.2) is 0 Å². The van der Waals surface area contributed by atoms with Crippen LogP contribution in [0.4, 0.5) is 28.4 Å². The van der Waals surface area contributed by atoms with Gasteiger partial charge in [0.15, 0.2) is 0 Å². The lowest BCUT2D eigenvalue weighted by atomic mass is 9.50. The number of hydrogen-bond donors (Lipinski definition) is 0. The predicted octanol–water partition coefficient (Wildman–Crippen LogP) is 30.3. The molecule has 30 rings (SSSR count). The van der Waals surface area contributed by atoms with Gasteiger partial charge >= 0.3 is 0 Å². The monoisotopic (exact) mass is 1700 g/mol. The molecule has 10 bridgehead atoms. The summed E-state index contributed by atoms with van der Waals surface area (Å²) < 4.78 is 30.5. The van der Waals surface area contributed by atoms with Crippen LogP contribution in [-0.4, -0.2) is 93.6 Å². The first-order valence-corrected chi connectivity index (χ1v) is 48.6. The summed E-state index contributed by atoms with van der Waals surface area (Å²) in [6.07, 6.45) is 17.8. The van der Waals surface area contributed by atoms with E-state index in [1.807, 2.05) is 24.3 Å². The highest BCUT2D eigenvalue weighted by Gasteiger charge is 2.62. The topological polar surface area (TPSA) is 88.4 Å². The number of hydrogen-bond acceptors (Lipinski definition) is 12. The van der Waals surface area contributed by atoms with E-state index in [9.17, 15) is 0 Å². The lowest BCUT2D eigenvalue weighted by Crippen LogP contribution is -2.72. The van der Waals surface area contributed by atoms with Crippen LogP contribution in [0.5, 0.6) is 0 Å². The molecule has 12 saturated heterocycles. The zero-order chi connectivity index (χ0) is 88.6. The van der Waals surface area contributed by atoms with Crippen molar-refractivity contribution in [3.63, 3.8) is 0 Å². The van der Waals surface area contributed by atoms with Crippen LogP contribution in [0.1, 0.15) is 229 Å². The first kappa shape index (κ1) is 84.0. The minimum Gasteiger partial charge on any atom is -0.456 e. The molecule has 662 valence electrons. The summed E-state index contributed by atoms with van der Waals surface area (Å²) in [6.45, 7) is 56.6. The van der Waals surface area contributed by atoms with Crippen LogP contribution in [0.3, 0.4) is 0 Å². The van der Waals surface area contributed by atoms with Gasteiger partial charge in [-0.15, -0.1) is 0 Å². The largest absolute Gasteiger partial charge is 0.456 e. The van der Waals surface area contributed by atoms with Gasteiger partial charge in [0.2, 0.25) is 0 Å². The minimum absolute atomic E-state index is 0.217. The van der Waals surface area contributed by atoms with Crippen LogP contribution in [0, 0.1) is 68.6 Å². The molecule has 0 spiro atoms. The molecule has 127 heavy (non-hydrogen) atoms. The number of anilines is 5. The standard InChI is InChI=1S/C25H31NO.C24H29NO.C23H27NO.C22H26N2O.C21H24N2O/c1-15-13-23-20(19-9-7-8-10-22(19)27-23)14-21(15)26-18(4)24(5)11-12-25(26,6)17(3)16(24)2;1-15-12-22-19(18-8-6-7-9-21(18)26-22)13-20(15)25-17(3)24(5)11-10-23(25,4)14-16(24)2;1-15-13-21-18(17-7-5-6-8-20(17)25-21)14-19(15)24-16(2)22(3)9-11-23(24,4)12-10-22;1-14-11-21-18(17-7-5-6-8-20(17)25-21)12-19(14)24-16(3)23-10-9-22(24,4)13-15(23)2;1-14-12-20-17(16-6-4-5-7-19(16)24-20)13-18(14)23-15(2)22-10-8-21(23,3)9-11-22/h7-10,13-14,16-18H,11-12H2,1-6H3;6-9,12-13,16-17H,10-11,14H2,1-5H3;5-8,13-14,16H,9-12H2,1-4H3;5-8,11-12,15-16H,9-10,13H2,1-4H3;4-7,12-13,15H,8-11H2,1-3H3. The van der Waals surface area contributed by atoms with Gasteiger partial charge < -0.3 is 46.6 Å². The minimum atomic E-state index is 0.217. The molecule has 12 heteroatoms. The zero-order valence-electron chi connectivity index (χ0n) is 80.0. The predicted molar refractivity (Wildman–Crippen MR) is 534 cm³/mol. The van der Waals surface area contributed by atoms with Crippen molar-refractivity contribution in [3.8, 4) is 0 Å². The number of aryl methyl sites for hydroxylation is 5. The number of benzene rings is 10. The fourth-order valence-electron chi connectivity index (χ4n) is 28.1. The molecule has 5 aromatic heterocycles. The van der Waals surface area contributed by atoms with Gasteiger partial charge in [0.05, 0.1) is 12.3 Å². The van der Waals surface area contributed by atoms with Gasteiger partial charge in [0.25, 0.3) is 0 Å². The second kappa shape index (κ2) is 29.8. The van der Waals surface area contributed by atoms with Crippen molar-refractivity contribution in [2.45, 2.75) is 300 Å². The van der Waals surface area contributed by atoms with E-state index in [1.165, 1.54) is 213 Å². The maximum absolute atomic E-state index is 6.13. The third-order valence-electron chi connectivity index (χ3n) is 37.1. The van der Waals surface area contributed by atoms with Crippen LogP contribution in [0.15, 0.2) is 204 Å². The second-order valence-corrected chi connectivity index (χ2v) is 44.1. The number of rotatable bonds is 5. The number of fused-ring (bicyclic) bond motifs is 30. The average molecular weight is 1700 g/mol. The molecular weight excluding hydrogens is 1560 g/mol. The Morgan fingerprint density at radius 2 is 0.583 bits per heavy atom. The van der Waals surface area contributed by atoms with Crippen molar-refractivity contribution >= 4 is 138 Å². The second-order valence-electron chi connectivity index (χ2n) is 44.1. The Hall–Kier alpha value is -9.88. The molecule has 0 amide bonds. The van der Waals surface area contributed by atoms with Gasteiger partial charge in [-0.05, 0) is 347 Å². The molecule has 15 aromatic rings. The maximum atomic E-state index is 6.13. The maximum Gasteiger partial charge on any atom is 0.135 e. The van der Waals surface area contributed by atoms with E-state index >= 15 is 0 Å². The van der Waals surface area contributed by atoms with Gasteiger partial charge in [-0.1, -0.05) is 133 Å². The highest BCUT2D eigenvalue weighted by atomic mass is 16.3. The van der Waals surface area contributed by atoms with Crippen molar-refractivity contribution in [1.29, 1.82) is 0 Å². The molecule has 3 aliphatic carbocycles. The number of furan rings is 5. The molecule has 0 N–H and O–H groups in total. The summed E-state index contributed by atoms with van der Waals surface area (Å²) in [7, 11) is 0. The van der Waals surface area contributed by atoms with E-state index in [1.54, 1.807) is 0 Å². The molecule has 15 unspecified atom stereocenters. The Balaban J connectivity index is 0.0000000967. The molecular formula is C115H137N7O5. The van der Waals surface area contributed by atoms with Gasteiger partial charge in [0.1, 0.15) is 55.8 Å². The summed E-state index contributed by atoms with van der Waals surface area (Å²) in [5.41, 5.74) is 25.9. The van der Waals surface area contributed by atoms with Crippen molar-refractivity contribution in [2.75, 3.05) is 44.1 Å². The van der Waals surface area contributed by atoms with E-state index in [-0.39, 0.29) is 27.7 Å². The van der Waals surface area contributed by atoms with Crippen LogP contribution in [0.25, 0.3) is 110 Å². The SMILES string of the molecule is Cc1cc2oc3ccccc3c2cc1N1C(C)C2(C)CCC1(C)C(C)C2C.Cc1cc2oc3ccccc3c2cc1N1C(C)C2(C)CCC1(C)CC2.Cc1cc2oc3ccccc3c2cc1N1C(C)C2(C)CCC1(C)CC2C.Cc1cc2oc3ccccc3c2cc1N1C(C)N2CCC1(C)CC2.Cc1cc2oc3ccccc3c2cc1N1C(C)N2CCC1(C)CC2C. The van der Waals surface area contributed by atoms with Crippen molar-refractivity contribution in [1.82, 2.24) is 9.80 Å². The molecule has 0 radical (unpaired) electrons. The summed E-state index contributed by atoms with van der Waals surface area (Å²) >= 11 is 0. The zero-order valence-corrected chi connectivity index (χ0v) is 80.0. The molecule has 15 aliphatic rings. The lowest BCUT2D eigenvalue weighted by Gasteiger charge is -2.68. The number of para-hydroxylation sites is 5. The summed E-state index contributed by atoms with van der Waals surface area (Å²) in [5.74, 6) is 2.22. The van der Waals surface area contributed by atoms with Crippen LogP contribution in [0.2, 0.25) is 0 Å². The number of nitrogens with zero attached hydrogens (tertiary/aromatic N) is 7. The molecule has 12 aliphatic heterocycles. The Kier molecular flexibility index (Phi) is 19.7. The summed E-state index contributed by atoms with van der Waals surface area (Å²) in [6, 6.07) is 67.4. The van der Waals surface area contributed by atoms with Crippen molar-refractivity contribution in [2.24, 2.45) is 34.0 Å². The van der Waals surface area contributed by atoms with Crippen LogP contribution >= 0.6 is 0 Å².